The Labute approximate surface area is 106 Å². The smallest absolute Gasteiger partial charge is 0.00836 e. The van der Waals surface area contributed by atoms with Gasteiger partial charge in [0.2, 0.25) is 0 Å². The van der Waals surface area contributed by atoms with Gasteiger partial charge in [0, 0.05) is 5.70 Å². The number of likely N-dealkylation sites (tertiary alicyclic amines) is 1. The molecule has 2 nitrogen and oxygen atoms in total. The van der Waals surface area contributed by atoms with Crippen LogP contribution in [0.4, 0.5) is 0 Å². The molecule has 2 N–H and O–H groups in total. The van der Waals surface area contributed by atoms with Crippen LogP contribution < -0.4 is 5.73 Å². The summed E-state index contributed by atoms with van der Waals surface area (Å²) in [4.78, 5) is 2.64. The maximum atomic E-state index is 5.76. The second kappa shape index (κ2) is 6.85. The van der Waals surface area contributed by atoms with Crippen molar-refractivity contribution in [3.8, 4) is 0 Å². The third kappa shape index (κ3) is 4.55. The van der Waals surface area contributed by atoms with Crippen LogP contribution in [0, 0.1) is 0 Å². The molecule has 2 heteroatoms. The van der Waals surface area contributed by atoms with Crippen molar-refractivity contribution in [2.75, 3.05) is 19.6 Å². The van der Waals surface area contributed by atoms with E-state index in [1.54, 1.807) is 5.57 Å². The summed E-state index contributed by atoms with van der Waals surface area (Å²) in [5.41, 5.74) is 8.40. The van der Waals surface area contributed by atoms with E-state index in [0.29, 0.717) is 0 Å². The van der Waals surface area contributed by atoms with Gasteiger partial charge in [0.05, 0.1) is 0 Å². The summed E-state index contributed by atoms with van der Waals surface area (Å²) >= 11 is 0. The van der Waals surface area contributed by atoms with Gasteiger partial charge in [-0.25, -0.2) is 0 Å². The SMILES string of the molecule is NC1=CC=C(CCCCN2CCCCC2)CC1. The summed E-state index contributed by atoms with van der Waals surface area (Å²) in [5.74, 6) is 0. The van der Waals surface area contributed by atoms with Gasteiger partial charge in [-0.3, -0.25) is 0 Å². The van der Waals surface area contributed by atoms with Crippen LogP contribution in [0.2, 0.25) is 0 Å². The van der Waals surface area contributed by atoms with Crippen LogP contribution in [0.15, 0.2) is 23.4 Å². The number of hydrogen-bond acceptors (Lipinski definition) is 2. The van der Waals surface area contributed by atoms with Crippen LogP contribution in [-0.2, 0) is 0 Å². The Morgan fingerprint density at radius 2 is 1.82 bits per heavy atom. The highest BCUT2D eigenvalue weighted by Crippen LogP contribution is 2.20. The number of nitrogens with zero attached hydrogens (tertiary/aromatic N) is 1. The quantitative estimate of drug-likeness (QED) is 0.740. The van der Waals surface area contributed by atoms with Gasteiger partial charge in [-0.1, -0.05) is 18.1 Å². The van der Waals surface area contributed by atoms with Crippen molar-refractivity contribution in [1.82, 2.24) is 4.90 Å². The molecular weight excluding hydrogens is 208 g/mol. The molecule has 1 aliphatic heterocycles. The number of nitrogens with two attached hydrogens (primary N) is 1. The number of unbranched alkanes of at least 4 members (excludes halogenated alkanes) is 1. The summed E-state index contributed by atoms with van der Waals surface area (Å²) in [6.45, 7) is 3.98. The average molecular weight is 234 g/mol. The number of rotatable bonds is 5. The van der Waals surface area contributed by atoms with E-state index >= 15 is 0 Å². The Morgan fingerprint density at radius 1 is 1.00 bits per heavy atom. The zero-order valence-electron chi connectivity index (χ0n) is 11.0. The molecule has 0 spiro atoms. The van der Waals surface area contributed by atoms with Crippen molar-refractivity contribution in [1.29, 1.82) is 0 Å². The Morgan fingerprint density at radius 3 is 2.53 bits per heavy atom. The van der Waals surface area contributed by atoms with E-state index in [0.717, 1.165) is 12.1 Å². The normalized spacial score (nSPS) is 22.1. The third-order valence-electron chi connectivity index (χ3n) is 3.94. The first-order valence-corrected chi connectivity index (χ1v) is 7.21. The summed E-state index contributed by atoms with van der Waals surface area (Å²) in [7, 11) is 0. The van der Waals surface area contributed by atoms with E-state index in [4.69, 9.17) is 5.73 Å². The first-order valence-electron chi connectivity index (χ1n) is 7.21. The molecule has 2 aliphatic rings. The van der Waals surface area contributed by atoms with Gasteiger partial charge in [0.15, 0.2) is 0 Å². The Balaban J connectivity index is 1.57. The molecule has 1 heterocycles. The van der Waals surface area contributed by atoms with Gasteiger partial charge in [0.1, 0.15) is 0 Å². The van der Waals surface area contributed by atoms with Crippen LogP contribution in [0.5, 0.6) is 0 Å². The number of allylic oxidation sites excluding steroid dienone is 4. The van der Waals surface area contributed by atoms with Crippen LogP contribution in [0.1, 0.15) is 51.4 Å². The molecule has 0 saturated carbocycles. The third-order valence-corrected chi connectivity index (χ3v) is 3.94. The topological polar surface area (TPSA) is 29.3 Å². The second-order valence-corrected chi connectivity index (χ2v) is 5.43. The van der Waals surface area contributed by atoms with Gasteiger partial charge in [0.25, 0.3) is 0 Å². The first-order chi connectivity index (χ1) is 8.34. The number of hydrogen-bond donors (Lipinski definition) is 1. The van der Waals surface area contributed by atoms with Crippen LogP contribution >= 0.6 is 0 Å². The van der Waals surface area contributed by atoms with Gasteiger partial charge < -0.3 is 10.6 Å². The molecule has 0 aromatic heterocycles. The second-order valence-electron chi connectivity index (χ2n) is 5.43. The first kappa shape index (κ1) is 12.7. The van der Waals surface area contributed by atoms with Crippen molar-refractivity contribution >= 4 is 0 Å². The molecule has 1 saturated heterocycles. The van der Waals surface area contributed by atoms with E-state index in [1.165, 1.54) is 64.6 Å². The average Bonchev–Trinajstić information content (AvgIpc) is 2.38. The van der Waals surface area contributed by atoms with Crippen LogP contribution in [-0.4, -0.2) is 24.5 Å². The van der Waals surface area contributed by atoms with Gasteiger partial charge >= 0.3 is 0 Å². The fourth-order valence-corrected chi connectivity index (χ4v) is 2.78. The predicted octanol–water partition coefficient (Wildman–Crippen LogP) is 3.21. The molecule has 0 unspecified atom stereocenters. The van der Waals surface area contributed by atoms with Crippen LogP contribution in [0.25, 0.3) is 0 Å². The molecule has 96 valence electrons. The lowest BCUT2D eigenvalue weighted by Gasteiger charge is -2.26. The maximum absolute atomic E-state index is 5.76. The molecular formula is C15H26N2. The number of piperidine rings is 1. The van der Waals surface area contributed by atoms with E-state index in [9.17, 15) is 0 Å². The Kier molecular flexibility index (Phi) is 5.11. The molecule has 0 bridgehead atoms. The van der Waals surface area contributed by atoms with E-state index in [1.807, 2.05) is 0 Å². The van der Waals surface area contributed by atoms with Gasteiger partial charge in [-0.05, 0) is 70.7 Å². The fraction of sp³-hybridized carbons (Fsp3) is 0.733. The van der Waals surface area contributed by atoms with Crippen molar-refractivity contribution in [3.63, 3.8) is 0 Å². The monoisotopic (exact) mass is 234 g/mol. The molecule has 1 aliphatic carbocycles. The molecule has 2 rings (SSSR count). The van der Waals surface area contributed by atoms with Crippen molar-refractivity contribution < 1.29 is 0 Å². The molecule has 0 aromatic carbocycles. The van der Waals surface area contributed by atoms with Crippen molar-refractivity contribution in [2.24, 2.45) is 5.73 Å². The summed E-state index contributed by atoms with van der Waals surface area (Å²) < 4.78 is 0. The van der Waals surface area contributed by atoms with Crippen molar-refractivity contribution in [3.05, 3.63) is 23.4 Å². The maximum Gasteiger partial charge on any atom is 0.00836 e. The Bertz CT molecular complexity index is 285. The lowest BCUT2D eigenvalue weighted by atomic mass is 9.98. The molecule has 1 fully saturated rings. The zero-order valence-corrected chi connectivity index (χ0v) is 11.0. The fourth-order valence-electron chi connectivity index (χ4n) is 2.78. The molecule has 17 heavy (non-hydrogen) atoms. The van der Waals surface area contributed by atoms with Crippen LogP contribution in [0.3, 0.4) is 0 Å². The largest absolute Gasteiger partial charge is 0.402 e. The standard InChI is InChI=1S/C15H26N2/c16-15-9-7-14(8-10-15)6-2-5-13-17-11-3-1-4-12-17/h7,9H,1-6,8,10-13,16H2. The summed E-state index contributed by atoms with van der Waals surface area (Å²) in [5, 5.41) is 0. The molecule has 0 radical (unpaired) electrons. The predicted molar refractivity (Wildman–Crippen MR) is 73.7 cm³/mol. The Hall–Kier alpha value is -0.760. The van der Waals surface area contributed by atoms with E-state index in [2.05, 4.69) is 17.1 Å². The minimum atomic E-state index is 1.04. The lowest BCUT2D eigenvalue weighted by molar-refractivity contribution is 0.225. The van der Waals surface area contributed by atoms with Gasteiger partial charge in [-0.2, -0.15) is 0 Å². The highest BCUT2D eigenvalue weighted by atomic mass is 15.1. The highest BCUT2D eigenvalue weighted by molar-refractivity contribution is 5.21. The van der Waals surface area contributed by atoms with E-state index in [-0.39, 0.29) is 0 Å². The minimum absolute atomic E-state index is 1.04. The van der Waals surface area contributed by atoms with Gasteiger partial charge in [-0.15, -0.1) is 0 Å². The van der Waals surface area contributed by atoms with E-state index < -0.39 is 0 Å². The molecule has 0 amide bonds. The zero-order chi connectivity index (χ0) is 11.9. The highest BCUT2D eigenvalue weighted by Gasteiger charge is 2.09. The summed E-state index contributed by atoms with van der Waals surface area (Å²) in [6, 6.07) is 0. The minimum Gasteiger partial charge on any atom is -0.402 e. The lowest BCUT2D eigenvalue weighted by Crippen LogP contribution is -2.30. The molecule has 0 aromatic rings. The van der Waals surface area contributed by atoms with Crippen molar-refractivity contribution in [2.45, 2.75) is 51.4 Å². The molecule has 0 atom stereocenters. The summed E-state index contributed by atoms with van der Waals surface area (Å²) in [6.07, 6.45) is 14.8.